The molecule has 1 N–H and O–H groups in total. The normalized spacial score (nSPS) is 25.9. The molecule has 5 heteroatoms. The van der Waals surface area contributed by atoms with Crippen LogP contribution in [0.1, 0.15) is 25.5 Å². The van der Waals surface area contributed by atoms with Crippen LogP contribution in [0.25, 0.3) is 0 Å². The van der Waals surface area contributed by atoms with Crippen LogP contribution in [0, 0.1) is 0 Å². The van der Waals surface area contributed by atoms with E-state index in [0.29, 0.717) is 0 Å². The smallest absolute Gasteiger partial charge is 0.183 e. The maximum absolute atomic E-state index is 5.52. The summed E-state index contributed by atoms with van der Waals surface area (Å²) in [6, 6.07) is 1.98. The molecule has 3 nitrogen and oxygen atoms in total. The van der Waals surface area contributed by atoms with Crippen molar-refractivity contribution in [3.05, 3.63) is 21.0 Å². The first-order valence-electron chi connectivity index (χ1n) is 5.36. The minimum Gasteiger partial charge on any atom is -0.452 e. The minimum atomic E-state index is 0.0734. The highest BCUT2D eigenvalue weighted by molar-refractivity contribution is 9.13. The second-order valence-corrected chi connectivity index (χ2v) is 5.98. The van der Waals surface area contributed by atoms with E-state index >= 15 is 0 Å². The molecule has 1 aliphatic heterocycles. The molecule has 1 aliphatic rings. The van der Waals surface area contributed by atoms with Crippen molar-refractivity contribution in [2.75, 3.05) is 13.2 Å². The van der Waals surface area contributed by atoms with Gasteiger partial charge in [0.25, 0.3) is 0 Å². The van der Waals surface area contributed by atoms with Crippen molar-refractivity contribution in [3.63, 3.8) is 0 Å². The van der Waals surface area contributed by atoms with Crippen LogP contribution in [0.4, 0.5) is 0 Å². The molecule has 90 valence electrons. The fourth-order valence-electron chi connectivity index (χ4n) is 1.85. The van der Waals surface area contributed by atoms with Gasteiger partial charge in [-0.1, -0.05) is 0 Å². The van der Waals surface area contributed by atoms with Gasteiger partial charge in [0.05, 0.1) is 17.6 Å². The Bertz CT molecular complexity index is 339. The maximum Gasteiger partial charge on any atom is 0.183 e. The molecule has 0 amide bonds. The predicted octanol–water partition coefficient (Wildman–Crippen LogP) is 3.46. The lowest BCUT2D eigenvalue weighted by molar-refractivity contribution is 0.0270. The molecule has 0 aliphatic carbocycles. The second-order valence-electron chi connectivity index (χ2n) is 4.40. The lowest BCUT2D eigenvalue weighted by atomic mass is 9.95. The molecular weight excluding hydrogens is 338 g/mol. The Morgan fingerprint density at radius 3 is 2.88 bits per heavy atom. The van der Waals surface area contributed by atoms with Crippen LogP contribution < -0.4 is 5.32 Å². The van der Waals surface area contributed by atoms with Crippen LogP contribution in [0.2, 0.25) is 0 Å². The highest BCUT2D eigenvalue weighted by Crippen LogP contribution is 2.27. The summed E-state index contributed by atoms with van der Waals surface area (Å²) in [7, 11) is 0. The average Bonchev–Trinajstić information content (AvgIpc) is 2.57. The number of nitrogens with one attached hydrogen (secondary N) is 1. The molecule has 1 unspecified atom stereocenters. The van der Waals surface area contributed by atoms with Crippen molar-refractivity contribution < 1.29 is 9.15 Å². The molecule has 1 aromatic rings. The quantitative estimate of drug-likeness (QED) is 0.904. The van der Waals surface area contributed by atoms with E-state index in [1.165, 1.54) is 0 Å². The van der Waals surface area contributed by atoms with Crippen LogP contribution in [-0.2, 0) is 11.3 Å². The van der Waals surface area contributed by atoms with E-state index in [-0.39, 0.29) is 5.54 Å². The largest absolute Gasteiger partial charge is 0.452 e. The van der Waals surface area contributed by atoms with Crippen molar-refractivity contribution in [2.24, 2.45) is 0 Å². The number of rotatable bonds is 3. The molecule has 1 atom stereocenters. The summed E-state index contributed by atoms with van der Waals surface area (Å²) in [6.07, 6.45) is 2.27. The first-order chi connectivity index (χ1) is 7.59. The van der Waals surface area contributed by atoms with E-state index in [1.54, 1.807) is 0 Å². The van der Waals surface area contributed by atoms with E-state index in [4.69, 9.17) is 9.15 Å². The Morgan fingerprint density at radius 1 is 1.50 bits per heavy atom. The van der Waals surface area contributed by atoms with E-state index in [9.17, 15) is 0 Å². The Hall–Kier alpha value is 0.160. The first kappa shape index (κ1) is 12.6. The van der Waals surface area contributed by atoms with Crippen molar-refractivity contribution in [1.82, 2.24) is 5.32 Å². The fourth-order valence-corrected chi connectivity index (χ4v) is 2.51. The van der Waals surface area contributed by atoms with Gasteiger partial charge >= 0.3 is 0 Å². The highest BCUT2D eigenvalue weighted by Gasteiger charge is 2.27. The van der Waals surface area contributed by atoms with Crippen molar-refractivity contribution in [2.45, 2.75) is 31.8 Å². The molecule has 2 rings (SSSR count). The van der Waals surface area contributed by atoms with Gasteiger partial charge in [-0.15, -0.1) is 0 Å². The maximum atomic E-state index is 5.52. The van der Waals surface area contributed by atoms with Crippen molar-refractivity contribution in [1.29, 1.82) is 0 Å². The summed E-state index contributed by atoms with van der Waals surface area (Å²) in [5.41, 5.74) is 0.0734. The van der Waals surface area contributed by atoms with E-state index in [1.807, 2.05) is 6.07 Å². The van der Waals surface area contributed by atoms with E-state index < -0.39 is 0 Å². The molecule has 0 bridgehead atoms. The summed E-state index contributed by atoms with van der Waals surface area (Å²) < 4.78 is 12.7. The van der Waals surface area contributed by atoms with Gasteiger partial charge in [-0.25, -0.2) is 0 Å². The van der Waals surface area contributed by atoms with Gasteiger partial charge in [-0.3, -0.25) is 0 Å². The first-order valence-corrected chi connectivity index (χ1v) is 6.94. The third-order valence-electron chi connectivity index (χ3n) is 2.82. The number of hydrogen-bond acceptors (Lipinski definition) is 3. The molecule has 0 aromatic carbocycles. The molecule has 1 saturated heterocycles. The van der Waals surface area contributed by atoms with E-state index in [2.05, 4.69) is 44.1 Å². The van der Waals surface area contributed by atoms with Gasteiger partial charge in [0.2, 0.25) is 0 Å². The monoisotopic (exact) mass is 351 g/mol. The Labute approximate surface area is 112 Å². The SMILES string of the molecule is CC1(NCc2cc(Br)c(Br)o2)CCCOC1. The summed E-state index contributed by atoms with van der Waals surface area (Å²) in [5, 5.41) is 3.49. The molecule has 1 aromatic heterocycles. The van der Waals surface area contributed by atoms with Crippen LogP contribution >= 0.6 is 31.9 Å². The van der Waals surface area contributed by atoms with Gasteiger partial charge in [0.15, 0.2) is 4.67 Å². The van der Waals surface area contributed by atoms with Crippen LogP contribution in [0.3, 0.4) is 0 Å². The van der Waals surface area contributed by atoms with Gasteiger partial charge in [-0.05, 0) is 57.7 Å². The molecule has 16 heavy (non-hydrogen) atoms. The fraction of sp³-hybridized carbons (Fsp3) is 0.636. The Balaban J connectivity index is 1.91. The lowest BCUT2D eigenvalue weighted by Crippen LogP contribution is -2.48. The molecule has 0 radical (unpaired) electrons. The molecule has 2 heterocycles. The third-order valence-corrected chi connectivity index (χ3v) is 4.53. The predicted molar refractivity (Wildman–Crippen MR) is 69.4 cm³/mol. The van der Waals surface area contributed by atoms with Crippen LogP contribution in [0.5, 0.6) is 0 Å². The summed E-state index contributed by atoms with van der Waals surface area (Å²) in [6.45, 7) is 4.58. The number of furan rings is 1. The molecular formula is C11H15Br2NO2. The number of ether oxygens (including phenoxy) is 1. The second kappa shape index (κ2) is 5.21. The summed E-state index contributed by atoms with van der Waals surface area (Å²) >= 11 is 6.73. The highest BCUT2D eigenvalue weighted by atomic mass is 79.9. The zero-order valence-corrected chi connectivity index (χ0v) is 12.4. The van der Waals surface area contributed by atoms with Gasteiger partial charge in [-0.2, -0.15) is 0 Å². The molecule has 1 fully saturated rings. The van der Waals surface area contributed by atoms with Gasteiger partial charge in [0, 0.05) is 12.1 Å². The zero-order chi connectivity index (χ0) is 11.6. The van der Waals surface area contributed by atoms with Crippen molar-refractivity contribution in [3.8, 4) is 0 Å². The number of halogens is 2. The topological polar surface area (TPSA) is 34.4 Å². The lowest BCUT2D eigenvalue weighted by Gasteiger charge is -2.34. The zero-order valence-electron chi connectivity index (χ0n) is 9.19. The Morgan fingerprint density at radius 2 is 2.31 bits per heavy atom. The van der Waals surface area contributed by atoms with Gasteiger partial charge < -0.3 is 14.5 Å². The standard InChI is InChI=1S/C11H15Br2NO2/c1-11(3-2-4-15-7-11)14-6-8-5-9(12)10(13)16-8/h5,14H,2-4,6-7H2,1H3. The van der Waals surface area contributed by atoms with Crippen molar-refractivity contribution >= 4 is 31.9 Å². The van der Waals surface area contributed by atoms with Crippen LogP contribution in [0.15, 0.2) is 19.6 Å². The summed E-state index contributed by atoms with van der Waals surface area (Å²) in [5.74, 6) is 0.922. The van der Waals surface area contributed by atoms with Crippen LogP contribution in [-0.4, -0.2) is 18.8 Å². The minimum absolute atomic E-state index is 0.0734. The number of hydrogen-bond donors (Lipinski definition) is 1. The summed E-state index contributed by atoms with van der Waals surface area (Å²) in [4.78, 5) is 0. The Kier molecular flexibility index (Phi) is 4.11. The molecule has 0 spiro atoms. The van der Waals surface area contributed by atoms with E-state index in [0.717, 1.165) is 47.5 Å². The third kappa shape index (κ3) is 3.09. The van der Waals surface area contributed by atoms with Gasteiger partial charge in [0.1, 0.15) is 5.76 Å². The molecule has 0 saturated carbocycles. The average molecular weight is 353 g/mol.